The van der Waals surface area contributed by atoms with E-state index < -0.39 is 0 Å². The summed E-state index contributed by atoms with van der Waals surface area (Å²) in [5.74, 6) is 0. The monoisotopic (exact) mass is 299 g/mol. The van der Waals surface area contributed by atoms with Crippen molar-refractivity contribution in [2.75, 3.05) is 6.54 Å². The molecule has 0 bridgehead atoms. The molecule has 0 N–H and O–H groups in total. The third kappa shape index (κ3) is 3.11. The van der Waals surface area contributed by atoms with Crippen molar-refractivity contribution in [3.05, 3.63) is 34.9 Å². The van der Waals surface area contributed by atoms with Crippen LogP contribution >= 0.6 is 0 Å². The predicted molar refractivity (Wildman–Crippen MR) is 95.4 cm³/mol. The zero-order valence-corrected chi connectivity index (χ0v) is 14.8. The summed E-state index contributed by atoms with van der Waals surface area (Å²) in [6.45, 7) is 9.54. The van der Waals surface area contributed by atoms with Gasteiger partial charge in [-0.05, 0) is 54.2 Å². The second kappa shape index (κ2) is 6.74. The van der Waals surface area contributed by atoms with Crippen molar-refractivity contribution in [1.29, 1.82) is 0 Å². The Kier molecular flexibility index (Phi) is 4.92. The number of rotatable bonds is 4. The lowest BCUT2D eigenvalue weighted by Crippen LogP contribution is -2.40. The molecule has 1 aliphatic heterocycles. The fourth-order valence-electron chi connectivity index (χ4n) is 4.37. The lowest BCUT2D eigenvalue weighted by Gasteiger charge is -2.38. The molecule has 0 amide bonds. The first kappa shape index (κ1) is 16.1. The van der Waals surface area contributed by atoms with Crippen molar-refractivity contribution < 1.29 is 0 Å². The van der Waals surface area contributed by atoms with Crippen molar-refractivity contribution in [2.45, 2.75) is 90.1 Å². The number of benzene rings is 1. The molecule has 1 saturated carbocycles. The highest BCUT2D eigenvalue weighted by Gasteiger charge is 2.27. The molecule has 1 nitrogen and oxygen atoms in total. The third-order valence-electron chi connectivity index (χ3n) is 6.60. The first-order valence-electron chi connectivity index (χ1n) is 9.52. The van der Waals surface area contributed by atoms with E-state index in [9.17, 15) is 0 Å². The molecular formula is C21H33N. The largest absolute Gasteiger partial charge is 0.296 e. The Bertz CT molecular complexity index is 495. The van der Waals surface area contributed by atoms with Crippen molar-refractivity contribution in [3.8, 4) is 0 Å². The van der Waals surface area contributed by atoms with Gasteiger partial charge < -0.3 is 0 Å². The molecule has 0 unspecified atom stereocenters. The Balaban J connectivity index is 1.76. The lowest BCUT2D eigenvalue weighted by atomic mass is 9.76. The molecule has 122 valence electrons. The molecular weight excluding hydrogens is 266 g/mol. The highest BCUT2D eigenvalue weighted by Crippen LogP contribution is 2.34. The van der Waals surface area contributed by atoms with Crippen LogP contribution in [0.4, 0.5) is 0 Å². The molecule has 0 aromatic heterocycles. The molecule has 22 heavy (non-hydrogen) atoms. The van der Waals surface area contributed by atoms with Crippen LogP contribution in [-0.2, 0) is 18.4 Å². The Hall–Kier alpha value is -0.820. The van der Waals surface area contributed by atoms with Gasteiger partial charge in [0.25, 0.3) is 0 Å². The molecule has 0 spiro atoms. The summed E-state index contributed by atoms with van der Waals surface area (Å²) >= 11 is 0. The van der Waals surface area contributed by atoms with E-state index in [1.54, 1.807) is 16.7 Å². The molecule has 3 rings (SSSR count). The van der Waals surface area contributed by atoms with Crippen molar-refractivity contribution in [1.82, 2.24) is 4.90 Å². The van der Waals surface area contributed by atoms with E-state index in [4.69, 9.17) is 0 Å². The second-order valence-corrected chi connectivity index (χ2v) is 7.76. The van der Waals surface area contributed by atoms with Gasteiger partial charge in [-0.3, -0.25) is 4.90 Å². The summed E-state index contributed by atoms with van der Waals surface area (Å²) in [6, 6.07) is 8.23. The van der Waals surface area contributed by atoms with Crippen LogP contribution in [-0.4, -0.2) is 17.5 Å². The van der Waals surface area contributed by atoms with Crippen molar-refractivity contribution >= 4 is 0 Å². The molecule has 0 saturated heterocycles. The number of hydrogen-bond donors (Lipinski definition) is 0. The quantitative estimate of drug-likeness (QED) is 0.714. The van der Waals surface area contributed by atoms with E-state index in [0.29, 0.717) is 5.41 Å². The first-order chi connectivity index (χ1) is 10.7. The minimum Gasteiger partial charge on any atom is -0.296 e. The molecule has 0 atom stereocenters. The third-order valence-corrected chi connectivity index (χ3v) is 6.60. The molecule has 1 aromatic carbocycles. The molecule has 1 heterocycles. The standard InChI is InChI=1S/C21H33N/c1-4-21(3,5-2)19-12-11-18-16-22(14-13-17(18)15-19)20-9-7-6-8-10-20/h11-12,15,20H,4-10,13-14,16H2,1-3H3. The van der Waals surface area contributed by atoms with Gasteiger partial charge in [0.2, 0.25) is 0 Å². The topological polar surface area (TPSA) is 3.24 Å². The smallest absolute Gasteiger partial charge is 0.0239 e. The second-order valence-electron chi connectivity index (χ2n) is 7.76. The SMILES string of the molecule is CCC(C)(CC)c1ccc2c(c1)CCN(C1CCCCC1)C2. The van der Waals surface area contributed by atoms with Crippen LogP contribution in [0.15, 0.2) is 18.2 Å². The van der Waals surface area contributed by atoms with Crippen LogP contribution in [0.25, 0.3) is 0 Å². The molecule has 1 aliphatic carbocycles. The Morgan fingerprint density at radius 3 is 2.45 bits per heavy atom. The summed E-state index contributed by atoms with van der Waals surface area (Å²) in [5.41, 5.74) is 5.13. The Morgan fingerprint density at radius 1 is 1.05 bits per heavy atom. The van der Waals surface area contributed by atoms with Crippen LogP contribution in [0.5, 0.6) is 0 Å². The van der Waals surface area contributed by atoms with Crippen molar-refractivity contribution in [3.63, 3.8) is 0 Å². The van der Waals surface area contributed by atoms with E-state index in [1.165, 1.54) is 64.5 Å². The zero-order valence-electron chi connectivity index (χ0n) is 14.8. The van der Waals surface area contributed by atoms with E-state index >= 15 is 0 Å². The maximum absolute atomic E-state index is 2.76. The van der Waals surface area contributed by atoms with Crippen LogP contribution in [0.3, 0.4) is 0 Å². The fraction of sp³-hybridized carbons (Fsp3) is 0.714. The van der Waals surface area contributed by atoms with Gasteiger partial charge in [-0.1, -0.05) is 58.2 Å². The van der Waals surface area contributed by atoms with Gasteiger partial charge >= 0.3 is 0 Å². The molecule has 0 radical (unpaired) electrons. The van der Waals surface area contributed by atoms with Crippen LogP contribution in [0, 0.1) is 0 Å². The predicted octanol–water partition coefficient (Wildman–Crippen LogP) is 5.46. The van der Waals surface area contributed by atoms with E-state index in [2.05, 4.69) is 43.9 Å². The van der Waals surface area contributed by atoms with Crippen molar-refractivity contribution in [2.24, 2.45) is 0 Å². The number of hydrogen-bond acceptors (Lipinski definition) is 1. The summed E-state index contributed by atoms with van der Waals surface area (Å²) in [7, 11) is 0. The summed E-state index contributed by atoms with van der Waals surface area (Å²) in [6.07, 6.45) is 10.9. The molecule has 2 aliphatic rings. The minimum absolute atomic E-state index is 0.357. The zero-order chi connectivity index (χ0) is 15.6. The maximum atomic E-state index is 2.76. The molecule has 1 fully saturated rings. The number of fused-ring (bicyclic) bond motifs is 1. The number of nitrogens with zero attached hydrogens (tertiary/aromatic N) is 1. The Labute approximate surface area is 137 Å². The lowest BCUT2D eigenvalue weighted by molar-refractivity contribution is 0.141. The van der Waals surface area contributed by atoms with E-state index in [0.717, 1.165) is 6.04 Å². The summed E-state index contributed by atoms with van der Waals surface area (Å²) in [5, 5.41) is 0. The van der Waals surface area contributed by atoms with Gasteiger partial charge in [0.1, 0.15) is 0 Å². The maximum Gasteiger partial charge on any atom is 0.0239 e. The van der Waals surface area contributed by atoms with Gasteiger partial charge in [0.05, 0.1) is 0 Å². The Morgan fingerprint density at radius 2 is 1.77 bits per heavy atom. The van der Waals surface area contributed by atoms with E-state index in [1.807, 2.05) is 0 Å². The summed E-state index contributed by atoms with van der Waals surface area (Å²) in [4.78, 5) is 2.76. The normalized spacial score (nSPS) is 20.9. The van der Waals surface area contributed by atoms with Crippen LogP contribution < -0.4 is 0 Å². The average Bonchev–Trinajstić information content (AvgIpc) is 2.61. The molecule has 1 heteroatoms. The highest BCUT2D eigenvalue weighted by atomic mass is 15.2. The fourth-order valence-corrected chi connectivity index (χ4v) is 4.37. The van der Waals surface area contributed by atoms with Crippen LogP contribution in [0.1, 0.15) is 82.4 Å². The van der Waals surface area contributed by atoms with Gasteiger partial charge in [0, 0.05) is 19.1 Å². The molecule has 1 aromatic rings. The van der Waals surface area contributed by atoms with Gasteiger partial charge in [-0.2, -0.15) is 0 Å². The van der Waals surface area contributed by atoms with E-state index in [-0.39, 0.29) is 0 Å². The summed E-state index contributed by atoms with van der Waals surface area (Å²) < 4.78 is 0. The van der Waals surface area contributed by atoms with Gasteiger partial charge in [-0.15, -0.1) is 0 Å². The minimum atomic E-state index is 0.357. The highest BCUT2D eigenvalue weighted by molar-refractivity contribution is 5.37. The average molecular weight is 300 g/mol. The first-order valence-corrected chi connectivity index (χ1v) is 9.52. The van der Waals surface area contributed by atoms with Gasteiger partial charge in [0.15, 0.2) is 0 Å². The van der Waals surface area contributed by atoms with Crippen LogP contribution in [0.2, 0.25) is 0 Å². The van der Waals surface area contributed by atoms with Gasteiger partial charge in [-0.25, -0.2) is 0 Å².